The average molecular weight is 458 g/mol. The molecule has 0 aliphatic heterocycles. The summed E-state index contributed by atoms with van der Waals surface area (Å²) < 4.78 is 10.3. The van der Waals surface area contributed by atoms with E-state index in [9.17, 15) is 9.59 Å². The minimum Gasteiger partial charge on any atom is -0.465 e. The third-order valence-electron chi connectivity index (χ3n) is 5.43. The van der Waals surface area contributed by atoms with Crippen LogP contribution >= 0.6 is 0 Å². The van der Waals surface area contributed by atoms with Gasteiger partial charge in [-0.1, -0.05) is 55.5 Å². The molecule has 3 aromatic carbocycles. The third kappa shape index (κ3) is 7.07. The predicted molar refractivity (Wildman–Crippen MR) is 136 cm³/mol. The molecule has 0 aromatic heterocycles. The molecule has 0 aliphatic carbocycles. The van der Waals surface area contributed by atoms with Crippen molar-refractivity contribution in [2.45, 2.75) is 33.1 Å². The quantitative estimate of drug-likeness (QED) is 0.252. The van der Waals surface area contributed by atoms with Gasteiger partial charge >= 0.3 is 11.9 Å². The molecule has 5 nitrogen and oxygen atoms in total. The zero-order valence-electron chi connectivity index (χ0n) is 19.8. The van der Waals surface area contributed by atoms with Crippen LogP contribution in [-0.2, 0) is 31.9 Å². The SMILES string of the molecule is C=CC(=O)OCCc1ccc(N(c2ccc(C)cc2)c2ccc(CCOC(=O)CC)cc2)cc1. The maximum atomic E-state index is 11.4. The first-order chi connectivity index (χ1) is 16.5. The normalized spacial score (nSPS) is 10.4. The van der Waals surface area contributed by atoms with E-state index < -0.39 is 5.97 Å². The van der Waals surface area contributed by atoms with Crippen LogP contribution in [0.4, 0.5) is 17.1 Å². The van der Waals surface area contributed by atoms with Crippen molar-refractivity contribution in [2.75, 3.05) is 18.1 Å². The van der Waals surface area contributed by atoms with E-state index in [1.165, 1.54) is 11.6 Å². The lowest BCUT2D eigenvalue weighted by Crippen LogP contribution is -2.11. The van der Waals surface area contributed by atoms with Crippen LogP contribution in [0.2, 0.25) is 0 Å². The van der Waals surface area contributed by atoms with Gasteiger partial charge in [0.25, 0.3) is 0 Å². The van der Waals surface area contributed by atoms with Crippen LogP contribution in [0.1, 0.15) is 30.0 Å². The number of hydrogen-bond acceptors (Lipinski definition) is 5. The van der Waals surface area contributed by atoms with E-state index in [-0.39, 0.29) is 5.97 Å². The third-order valence-corrected chi connectivity index (χ3v) is 5.43. The van der Waals surface area contributed by atoms with Gasteiger partial charge in [-0.3, -0.25) is 4.79 Å². The smallest absolute Gasteiger partial charge is 0.330 e. The van der Waals surface area contributed by atoms with E-state index in [2.05, 4.69) is 91.2 Å². The molecule has 0 saturated carbocycles. The fourth-order valence-corrected chi connectivity index (χ4v) is 3.48. The monoisotopic (exact) mass is 457 g/mol. The number of hydrogen-bond donors (Lipinski definition) is 0. The lowest BCUT2D eigenvalue weighted by molar-refractivity contribution is -0.143. The molecule has 0 unspecified atom stereocenters. The number of ether oxygens (including phenoxy) is 2. The summed E-state index contributed by atoms with van der Waals surface area (Å²) in [6.07, 6.45) is 2.89. The fourth-order valence-electron chi connectivity index (χ4n) is 3.48. The number of carbonyl (C=O) groups excluding carboxylic acids is 2. The number of benzene rings is 3. The first-order valence-electron chi connectivity index (χ1n) is 11.5. The minimum atomic E-state index is -0.408. The molecule has 0 N–H and O–H groups in total. The summed E-state index contributed by atoms with van der Waals surface area (Å²) in [7, 11) is 0. The van der Waals surface area contributed by atoms with Crippen molar-refractivity contribution in [3.05, 3.63) is 102 Å². The molecular weight excluding hydrogens is 426 g/mol. The number of aryl methyl sites for hydroxylation is 1. The Balaban J connectivity index is 1.78. The van der Waals surface area contributed by atoms with Gasteiger partial charge in [0, 0.05) is 42.4 Å². The van der Waals surface area contributed by atoms with Crippen molar-refractivity contribution in [1.82, 2.24) is 0 Å². The number of carbonyl (C=O) groups is 2. The van der Waals surface area contributed by atoms with Crippen LogP contribution in [0.5, 0.6) is 0 Å². The van der Waals surface area contributed by atoms with Crippen molar-refractivity contribution in [3.8, 4) is 0 Å². The minimum absolute atomic E-state index is 0.176. The summed E-state index contributed by atoms with van der Waals surface area (Å²) in [6, 6.07) is 25.0. The van der Waals surface area contributed by atoms with Crippen molar-refractivity contribution >= 4 is 29.0 Å². The van der Waals surface area contributed by atoms with Gasteiger partial charge in [-0.25, -0.2) is 4.79 Å². The Labute approximate surface area is 201 Å². The molecule has 0 atom stereocenters. The van der Waals surface area contributed by atoms with E-state index in [1.54, 1.807) is 6.92 Å². The Morgan fingerprint density at radius 2 is 1.21 bits per heavy atom. The van der Waals surface area contributed by atoms with Crippen LogP contribution in [0.25, 0.3) is 0 Å². The van der Waals surface area contributed by atoms with Crippen molar-refractivity contribution in [3.63, 3.8) is 0 Å². The van der Waals surface area contributed by atoms with Crippen LogP contribution in [0, 0.1) is 6.92 Å². The van der Waals surface area contributed by atoms with Gasteiger partial charge in [0.1, 0.15) is 0 Å². The molecule has 0 saturated heterocycles. The van der Waals surface area contributed by atoms with E-state index in [1.807, 2.05) is 0 Å². The molecule has 0 amide bonds. The zero-order chi connectivity index (χ0) is 24.3. The van der Waals surface area contributed by atoms with Crippen LogP contribution in [-0.4, -0.2) is 25.2 Å². The maximum absolute atomic E-state index is 11.4. The lowest BCUT2D eigenvalue weighted by atomic mass is 10.1. The van der Waals surface area contributed by atoms with Gasteiger partial charge in [-0.15, -0.1) is 0 Å². The van der Waals surface area contributed by atoms with Gasteiger partial charge in [0.15, 0.2) is 0 Å². The summed E-state index contributed by atoms with van der Waals surface area (Å²) in [4.78, 5) is 24.8. The van der Waals surface area contributed by atoms with Gasteiger partial charge in [0.05, 0.1) is 13.2 Å². The van der Waals surface area contributed by atoms with Gasteiger partial charge in [-0.05, 0) is 54.4 Å². The highest BCUT2D eigenvalue weighted by molar-refractivity contribution is 5.81. The summed E-state index contributed by atoms with van der Waals surface area (Å²) >= 11 is 0. The summed E-state index contributed by atoms with van der Waals surface area (Å²) in [6.45, 7) is 7.98. The highest BCUT2D eigenvalue weighted by Gasteiger charge is 2.13. The first-order valence-corrected chi connectivity index (χ1v) is 11.5. The van der Waals surface area contributed by atoms with Crippen LogP contribution < -0.4 is 4.90 Å². The van der Waals surface area contributed by atoms with E-state index in [0.29, 0.717) is 32.5 Å². The van der Waals surface area contributed by atoms with Gasteiger partial charge in [-0.2, -0.15) is 0 Å². The van der Waals surface area contributed by atoms with E-state index in [0.717, 1.165) is 28.2 Å². The van der Waals surface area contributed by atoms with Gasteiger partial charge < -0.3 is 14.4 Å². The molecule has 0 bridgehead atoms. The van der Waals surface area contributed by atoms with Gasteiger partial charge in [0.2, 0.25) is 0 Å². The zero-order valence-corrected chi connectivity index (χ0v) is 19.8. The van der Waals surface area contributed by atoms with Crippen molar-refractivity contribution in [2.24, 2.45) is 0 Å². The Hall–Kier alpha value is -3.86. The predicted octanol–water partition coefficient (Wildman–Crippen LogP) is 6.23. The Morgan fingerprint density at radius 3 is 1.65 bits per heavy atom. The largest absolute Gasteiger partial charge is 0.465 e. The van der Waals surface area contributed by atoms with E-state index in [4.69, 9.17) is 9.47 Å². The highest BCUT2D eigenvalue weighted by Crippen LogP contribution is 2.34. The first kappa shape index (κ1) is 24.8. The van der Waals surface area contributed by atoms with E-state index >= 15 is 0 Å². The fraction of sp³-hybridized carbons (Fsp3) is 0.241. The molecule has 0 fully saturated rings. The molecule has 0 heterocycles. The number of anilines is 3. The molecule has 0 spiro atoms. The molecule has 34 heavy (non-hydrogen) atoms. The molecule has 5 heteroatoms. The molecular formula is C29H31NO4. The second-order valence-electron chi connectivity index (χ2n) is 7.95. The number of rotatable bonds is 11. The Kier molecular flexibility index (Phi) is 9.04. The number of esters is 2. The lowest BCUT2D eigenvalue weighted by Gasteiger charge is -2.26. The summed E-state index contributed by atoms with van der Waals surface area (Å²) in [5.74, 6) is -0.585. The maximum Gasteiger partial charge on any atom is 0.330 e. The van der Waals surface area contributed by atoms with Crippen LogP contribution in [0.3, 0.4) is 0 Å². The molecule has 3 aromatic rings. The Bertz CT molecular complexity index is 1090. The Morgan fingerprint density at radius 1 is 0.765 bits per heavy atom. The molecule has 176 valence electrons. The standard InChI is InChI=1S/C29H31NO4/c1-4-28(31)33-20-18-23-8-14-26(15-9-23)30(25-12-6-22(3)7-13-25)27-16-10-24(11-17-27)19-21-34-29(32)5-2/h4,6-17H,1,5,18-21H2,2-3H3. The van der Waals surface area contributed by atoms with Crippen molar-refractivity contribution in [1.29, 1.82) is 0 Å². The number of nitrogens with zero attached hydrogens (tertiary/aromatic N) is 1. The average Bonchev–Trinajstić information content (AvgIpc) is 2.87. The second-order valence-corrected chi connectivity index (χ2v) is 7.95. The van der Waals surface area contributed by atoms with Crippen molar-refractivity contribution < 1.29 is 19.1 Å². The highest BCUT2D eigenvalue weighted by atomic mass is 16.5. The summed E-state index contributed by atoms with van der Waals surface area (Å²) in [5.41, 5.74) is 6.52. The second kappa shape index (κ2) is 12.4. The topological polar surface area (TPSA) is 55.8 Å². The molecule has 3 rings (SSSR count). The summed E-state index contributed by atoms with van der Waals surface area (Å²) in [5, 5.41) is 0. The van der Waals surface area contributed by atoms with Crippen LogP contribution in [0.15, 0.2) is 85.5 Å². The molecule has 0 radical (unpaired) electrons. The molecule has 0 aliphatic rings.